The molecule has 0 spiro atoms. The SMILES string of the molecule is CCNc1ccc([C@H]2CCCCN2C(C)=O)cn1. The fourth-order valence-corrected chi connectivity index (χ4v) is 2.54. The van der Waals surface area contributed by atoms with Gasteiger partial charge in [0.1, 0.15) is 5.82 Å². The highest BCUT2D eigenvalue weighted by Gasteiger charge is 2.25. The first kappa shape index (κ1) is 12.9. The third-order valence-electron chi connectivity index (χ3n) is 3.44. The lowest BCUT2D eigenvalue weighted by Crippen LogP contribution is -2.36. The van der Waals surface area contributed by atoms with Crippen molar-refractivity contribution in [3.05, 3.63) is 23.9 Å². The van der Waals surface area contributed by atoms with Gasteiger partial charge in [0.05, 0.1) is 6.04 Å². The van der Waals surface area contributed by atoms with E-state index in [1.807, 2.05) is 24.1 Å². The van der Waals surface area contributed by atoms with Crippen LogP contribution in [0.3, 0.4) is 0 Å². The van der Waals surface area contributed by atoms with Crippen LogP contribution in [0.2, 0.25) is 0 Å². The summed E-state index contributed by atoms with van der Waals surface area (Å²) in [5, 5.41) is 3.18. The van der Waals surface area contributed by atoms with E-state index in [0.29, 0.717) is 0 Å². The van der Waals surface area contributed by atoms with Crippen LogP contribution >= 0.6 is 0 Å². The number of piperidine rings is 1. The summed E-state index contributed by atoms with van der Waals surface area (Å²) in [6.45, 7) is 5.44. The minimum atomic E-state index is 0.162. The number of carbonyl (C=O) groups is 1. The number of pyridine rings is 1. The van der Waals surface area contributed by atoms with Crippen LogP contribution in [0.4, 0.5) is 5.82 Å². The molecular weight excluding hydrogens is 226 g/mol. The maximum absolute atomic E-state index is 11.6. The van der Waals surface area contributed by atoms with Crippen molar-refractivity contribution < 1.29 is 4.79 Å². The van der Waals surface area contributed by atoms with E-state index in [1.54, 1.807) is 6.92 Å². The number of nitrogens with zero attached hydrogens (tertiary/aromatic N) is 2. The highest BCUT2D eigenvalue weighted by Crippen LogP contribution is 2.30. The zero-order valence-electron chi connectivity index (χ0n) is 11.1. The lowest BCUT2D eigenvalue weighted by atomic mass is 9.96. The average Bonchev–Trinajstić information content (AvgIpc) is 2.40. The fraction of sp³-hybridized carbons (Fsp3) is 0.571. The fourth-order valence-electron chi connectivity index (χ4n) is 2.54. The van der Waals surface area contributed by atoms with Gasteiger partial charge in [-0.25, -0.2) is 4.98 Å². The molecule has 4 nitrogen and oxygen atoms in total. The van der Waals surface area contributed by atoms with Gasteiger partial charge in [0, 0.05) is 26.2 Å². The van der Waals surface area contributed by atoms with Gasteiger partial charge < -0.3 is 10.2 Å². The van der Waals surface area contributed by atoms with E-state index in [1.165, 1.54) is 6.42 Å². The Kier molecular flexibility index (Phi) is 4.18. The molecule has 1 N–H and O–H groups in total. The third-order valence-corrected chi connectivity index (χ3v) is 3.44. The van der Waals surface area contributed by atoms with Gasteiger partial charge in [-0.15, -0.1) is 0 Å². The smallest absolute Gasteiger partial charge is 0.219 e. The van der Waals surface area contributed by atoms with Crippen LogP contribution in [0.1, 0.15) is 44.7 Å². The van der Waals surface area contributed by atoms with Crippen LogP contribution < -0.4 is 5.32 Å². The zero-order chi connectivity index (χ0) is 13.0. The van der Waals surface area contributed by atoms with E-state index in [9.17, 15) is 4.79 Å². The number of rotatable bonds is 3. The van der Waals surface area contributed by atoms with E-state index < -0.39 is 0 Å². The van der Waals surface area contributed by atoms with Crippen molar-refractivity contribution in [2.75, 3.05) is 18.4 Å². The molecule has 2 rings (SSSR count). The molecule has 1 aliphatic rings. The standard InChI is InChI=1S/C14H21N3O/c1-3-15-14-8-7-12(10-16-14)13-6-4-5-9-17(13)11(2)18/h7-8,10,13H,3-6,9H2,1-2H3,(H,15,16)/t13-/m1/s1. The zero-order valence-corrected chi connectivity index (χ0v) is 11.1. The van der Waals surface area contributed by atoms with Crippen LogP contribution in [0.15, 0.2) is 18.3 Å². The number of hydrogen-bond donors (Lipinski definition) is 1. The molecule has 1 amide bonds. The number of hydrogen-bond acceptors (Lipinski definition) is 3. The maximum Gasteiger partial charge on any atom is 0.219 e. The Morgan fingerprint density at radius 1 is 1.50 bits per heavy atom. The molecule has 18 heavy (non-hydrogen) atoms. The van der Waals surface area contributed by atoms with Gasteiger partial charge >= 0.3 is 0 Å². The summed E-state index contributed by atoms with van der Waals surface area (Å²) in [6, 6.07) is 4.28. The number of aromatic nitrogens is 1. The van der Waals surface area contributed by atoms with Crippen molar-refractivity contribution in [2.45, 2.75) is 39.2 Å². The topological polar surface area (TPSA) is 45.2 Å². The van der Waals surface area contributed by atoms with E-state index in [-0.39, 0.29) is 11.9 Å². The quantitative estimate of drug-likeness (QED) is 0.893. The van der Waals surface area contributed by atoms with Gasteiger partial charge in [0.15, 0.2) is 0 Å². The molecule has 0 bridgehead atoms. The van der Waals surface area contributed by atoms with Gasteiger partial charge in [-0.1, -0.05) is 6.07 Å². The summed E-state index contributed by atoms with van der Waals surface area (Å²) >= 11 is 0. The van der Waals surface area contributed by atoms with Crippen LogP contribution in [-0.4, -0.2) is 28.9 Å². The van der Waals surface area contributed by atoms with Crippen molar-refractivity contribution in [3.63, 3.8) is 0 Å². The minimum absolute atomic E-state index is 0.162. The largest absolute Gasteiger partial charge is 0.370 e. The normalized spacial score (nSPS) is 19.7. The van der Waals surface area contributed by atoms with Gasteiger partial charge in [0.25, 0.3) is 0 Å². The lowest BCUT2D eigenvalue weighted by molar-refractivity contribution is -0.132. The molecule has 0 aromatic carbocycles. The van der Waals surface area contributed by atoms with Crippen molar-refractivity contribution in [2.24, 2.45) is 0 Å². The Bertz CT molecular complexity index is 402. The molecule has 0 aliphatic carbocycles. The van der Waals surface area contributed by atoms with Crippen LogP contribution in [-0.2, 0) is 4.79 Å². The average molecular weight is 247 g/mol. The third kappa shape index (κ3) is 2.81. The Morgan fingerprint density at radius 3 is 2.94 bits per heavy atom. The van der Waals surface area contributed by atoms with E-state index in [4.69, 9.17) is 0 Å². The highest BCUT2D eigenvalue weighted by molar-refractivity contribution is 5.74. The molecule has 1 aromatic rings. The first-order chi connectivity index (χ1) is 8.72. The molecule has 0 radical (unpaired) electrons. The second-order valence-corrected chi connectivity index (χ2v) is 4.73. The number of anilines is 1. The number of likely N-dealkylation sites (tertiary alicyclic amines) is 1. The first-order valence-corrected chi connectivity index (χ1v) is 6.69. The summed E-state index contributed by atoms with van der Waals surface area (Å²) in [6.07, 6.45) is 5.23. The maximum atomic E-state index is 11.6. The number of nitrogens with one attached hydrogen (secondary N) is 1. The predicted octanol–water partition coefficient (Wildman–Crippen LogP) is 2.59. The first-order valence-electron chi connectivity index (χ1n) is 6.69. The second kappa shape index (κ2) is 5.85. The highest BCUT2D eigenvalue weighted by atomic mass is 16.2. The molecule has 1 atom stereocenters. The van der Waals surface area contributed by atoms with Crippen molar-refractivity contribution >= 4 is 11.7 Å². The molecule has 2 heterocycles. The molecule has 0 saturated carbocycles. The monoisotopic (exact) mass is 247 g/mol. The summed E-state index contributed by atoms with van der Waals surface area (Å²) in [4.78, 5) is 18.0. The predicted molar refractivity (Wildman–Crippen MR) is 72.4 cm³/mol. The van der Waals surface area contributed by atoms with E-state index in [0.717, 1.165) is 37.3 Å². The Labute approximate surface area is 108 Å². The molecule has 1 aliphatic heterocycles. The summed E-state index contributed by atoms with van der Waals surface area (Å²) in [5.74, 6) is 1.06. The summed E-state index contributed by atoms with van der Waals surface area (Å²) in [5.41, 5.74) is 1.14. The van der Waals surface area contributed by atoms with Crippen molar-refractivity contribution in [3.8, 4) is 0 Å². The van der Waals surface area contributed by atoms with Crippen LogP contribution in [0, 0.1) is 0 Å². The van der Waals surface area contributed by atoms with Gasteiger partial charge in [-0.05, 0) is 37.8 Å². The Hall–Kier alpha value is -1.58. The summed E-state index contributed by atoms with van der Waals surface area (Å²) in [7, 11) is 0. The number of amides is 1. The van der Waals surface area contributed by atoms with Crippen molar-refractivity contribution in [1.82, 2.24) is 9.88 Å². The molecule has 1 saturated heterocycles. The molecule has 0 unspecified atom stereocenters. The van der Waals surface area contributed by atoms with E-state index >= 15 is 0 Å². The second-order valence-electron chi connectivity index (χ2n) is 4.73. The molecule has 1 aromatic heterocycles. The van der Waals surface area contributed by atoms with Gasteiger partial charge in [-0.2, -0.15) is 0 Å². The van der Waals surface area contributed by atoms with Gasteiger partial charge in [0.2, 0.25) is 5.91 Å². The van der Waals surface area contributed by atoms with Crippen LogP contribution in [0.25, 0.3) is 0 Å². The number of carbonyl (C=O) groups excluding carboxylic acids is 1. The molecule has 4 heteroatoms. The summed E-state index contributed by atoms with van der Waals surface area (Å²) < 4.78 is 0. The molecule has 98 valence electrons. The van der Waals surface area contributed by atoms with Gasteiger partial charge in [-0.3, -0.25) is 4.79 Å². The Morgan fingerprint density at radius 2 is 2.33 bits per heavy atom. The molecule has 1 fully saturated rings. The minimum Gasteiger partial charge on any atom is -0.370 e. The van der Waals surface area contributed by atoms with Crippen molar-refractivity contribution in [1.29, 1.82) is 0 Å². The lowest BCUT2D eigenvalue weighted by Gasteiger charge is -2.35. The van der Waals surface area contributed by atoms with Crippen LogP contribution in [0.5, 0.6) is 0 Å². The Balaban J connectivity index is 2.15. The molecular formula is C14H21N3O. The van der Waals surface area contributed by atoms with E-state index in [2.05, 4.69) is 16.4 Å².